The molecule has 0 saturated carbocycles. The van der Waals surface area contributed by atoms with E-state index in [1.54, 1.807) is 0 Å². The molecule has 0 radical (unpaired) electrons. The van der Waals surface area contributed by atoms with Gasteiger partial charge in [0.2, 0.25) is 5.91 Å². The summed E-state index contributed by atoms with van der Waals surface area (Å²) in [6.45, 7) is -3.59. The van der Waals surface area contributed by atoms with Crippen LogP contribution in [0.25, 0.3) is 11.1 Å². The number of aliphatic carboxylic acids is 1. The van der Waals surface area contributed by atoms with Gasteiger partial charge in [0, 0.05) is 19.0 Å². The number of carboxylic acid groups (broad SMARTS) is 1. The van der Waals surface area contributed by atoms with Gasteiger partial charge in [-0.1, -0.05) is 48.5 Å². The fourth-order valence-corrected chi connectivity index (χ4v) is 3.95. The molecule has 1 aliphatic carbocycles. The number of carboxylic acids is 1. The van der Waals surface area contributed by atoms with E-state index in [2.05, 4.69) is 0 Å². The van der Waals surface area contributed by atoms with Crippen LogP contribution in [0.5, 0.6) is 0 Å². The topological polar surface area (TPSA) is 116 Å². The first-order valence-electron chi connectivity index (χ1n) is 10.4. The van der Waals surface area contributed by atoms with E-state index in [-0.39, 0.29) is 12.5 Å². The van der Waals surface area contributed by atoms with Crippen LogP contribution in [0, 0.1) is 5.92 Å². The number of aliphatic hydroxyl groups excluding tert-OH is 1. The minimum absolute atomic E-state index is 0.125. The Bertz CT molecular complexity index is 1010. The molecule has 2 aromatic rings. The zero-order chi connectivity index (χ0) is 24.9. The largest absolute Gasteiger partial charge is 0.480 e. The van der Waals surface area contributed by atoms with E-state index in [4.69, 9.17) is 14.9 Å². The SMILES string of the molecule is O=C(O)CN(CCO)C(=O)C(CNC(=O)OCC1c2ccccc2-c2ccccc21)C(F)(F)F. The van der Waals surface area contributed by atoms with Crippen molar-refractivity contribution in [1.29, 1.82) is 0 Å². The van der Waals surface area contributed by atoms with Crippen molar-refractivity contribution in [3.8, 4) is 11.1 Å². The lowest BCUT2D eigenvalue weighted by Crippen LogP contribution is -2.50. The van der Waals surface area contributed by atoms with Crippen molar-refractivity contribution in [3.05, 3.63) is 59.7 Å². The number of hydrogen-bond acceptors (Lipinski definition) is 5. The Morgan fingerprint density at radius 3 is 2.09 bits per heavy atom. The summed E-state index contributed by atoms with van der Waals surface area (Å²) in [5.41, 5.74) is 3.82. The second-order valence-electron chi connectivity index (χ2n) is 7.68. The lowest BCUT2D eigenvalue weighted by Gasteiger charge is -2.27. The molecular weight excluding hydrogens is 457 g/mol. The molecule has 0 aliphatic heterocycles. The zero-order valence-corrected chi connectivity index (χ0v) is 17.9. The summed E-state index contributed by atoms with van der Waals surface area (Å²) in [6, 6.07) is 15.1. The predicted octanol–water partition coefficient (Wildman–Crippen LogP) is 2.61. The number of hydrogen-bond donors (Lipinski definition) is 3. The number of rotatable bonds is 9. The van der Waals surface area contributed by atoms with Crippen LogP contribution in [-0.2, 0) is 14.3 Å². The summed E-state index contributed by atoms with van der Waals surface area (Å²) in [6.07, 6.45) is -6.20. The van der Waals surface area contributed by atoms with Gasteiger partial charge in [-0.05, 0) is 22.3 Å². The summed E-state index contributed by atoms with van der Waals surface area (Å²) in [5.74, 6) is -6.09. The van der Waals surface area contributed by atoms with Gasteiger partial charge >= 0.3 is 18.2 Å². The number of alkyl carbamates (subject to hydrolysis) is 1. The molecule has 8 nitrogen and oxygen atoms in total. The van der Waals surface area contributed by atoms with Crippen molar-refractivity contribution in [1.82, 2.24) is 10.2 Å². The smallest absolute Gasteiger partial charge is 0.407 e. The number of carbonyl (C=O) groups is 3. The minimum atomic E-state index is -5.06. The van der Waals surface area contributed by atoms with Gasteiger partial charge in [0.1, 0.15) is 13.2 Å². The number of fused-ring (bicyclic) bond motifs is 3. The molecule has 0 spiro atoms. The summed E-state index contributed by atoms with van der Waals surface area (Å²) in [5, 5.41) is 19.7. The third kappa shape index (κ3) is 5.66. The average Bonchev–Trinajstić information content (AvgIpc) is 3.10. The quantitative estimate of drug-likeness (QED) is 0.508. The van der Waals surface area contributed by atoms with Crippen molar-refractivity contribution in [2.45, 2.75) is 12.1 Å². The van der Waals surface area contributed by atoms with Gasteiger partial charge in [-0.3, -0.25) is 9.59 Å². The lowest BCUT2D eigenvalue weighted by atomic mass is 9.98. The first-order chi connectivity index (χ1) is 16.1. The normalized spacial score (nSPS) is 13.5. The van der Waals surface area contributed by atoms with Crippen LogP contribution >= 0.6 is 0 Å². The van der Waals surface area contributed by atoms with Crippen molar-refractivity contribution < 1.29 is 42.5 Å². The Morgan fingerprint density at radius 1 is 1.03 bits per heavy atom. The van der Waals surface area contributed by atoms with Gasteiger partial charge < -0.3 is 25.2 Å². The number of benzene rings is 2. The molecule has 1 aliphatic rings. The molecule has 1 unspecified atom stereocenters. The number of halogens is 3. The van der Waals surface area contributed by atoms with Crippen LogP contribution in [0.1, 0.15) is 17.0 Å². The Morgan fingerprint density at radius 2 is 1.59 bits per heavy atom. The number of nitrogens with zero attached hydrogens (tertiary/aromatic N) is 1. The molecular formula is C23H23F3N2O6. The van der Waals surface area contributed by atoms with Crippen molar-refractivity contribution in [2.75, 3.05) is 32.8 Å². The lowest BCUT2D eigenvalue weighted by molar-refractivity contribution is -0.189. The summed E-state index contributed by atoms with van der Waals surface area (Å²) >= 11 is 0. The van der Waals surface area contributed by atoms with Crippen LogP contribution in [-0.4, -0.2) is 72.1 Å². The summed E-state index contributed by atoms with van der Waals surface area (Å²) in [7, 11) is 0. The van der Waals surface area contributed by atoms with E-state index >= 15 is 0 Å². The molecule has 0 aromatic heterocycles. The Balaban J connectivity index is 1.65. The molecule has 182 valence electrons. The Labute approximate surface area is 192 Å². The van der Waals surface area contributed by atoms with E-state index in [0.717, 1.165) is 22.3 Å². The average molecular weight is 480 g/mol. The molecule has 3 N–H and O–H groups in total. The van der Waals surface area contributed by atoms with Gasteiger partial charge in [-0.25, -0.2) is 4.79 Å². The molecule has 34 heavy (non-hydrogen) atoms. The number of aliphatic hydroxyl groups is 1. The maximum Gasteiger partial charge on any atom is 0.407 e. The van der Waals surface area contributed by atoms with Gasteiger partial charge in [0.25, 0.3) is 0 Å². The number of alkyl halides is 3. The molecule has 0 fully saturated rings. The van der Waals surface area contributed by atoms with Gasteiger partial charge in [0.05, 0.1) is 6.61 Å². The van der Waals surface area contributed by atoms with E-state index < -0.39 is 56.3 Å². The monoisotopic (exact) mass is 480 g/mol. The first kappa shape index (κ1) is 25.0. The third-order valence-corrected chi connectivity index (χ3v) is 5.50. The van der Waals surface area contributed by atoms with Gasteiger partial charge in [-0.2, -0.15) is 13.2 Å². The molecule has 0 bridgehead atoms. The van der Waals surface area contributed by atoms with Gasteiger partial charge in [-0.15, -0.1) is 0 Å². The van der Waals surface area contributed by atoms with E-state index in [0.29, 0.717) is 4.90 Å². The first-order valence-corrected chi connectivity index (χ1v) is 10.4. The van der Waals surface area contributed by atoms with Gasteiger partial charge in [0.15, 0.2) is 5.92 Å². The number of ether oxygens (including phenoxy) is 1. The van der Waals surface area contributed by atoms with Crippen LogP contribution in [0.15, 0.2) is 48.5 Å². The van der Waals surface area contributed by atoms with Crippen LogP contribution in [0.4, 0.5) is 18.0 Å². The fourth-order valence-electron chi connectivity index (χ4n) is 3.95. The number of carbonyl (C=O) groups excluding carboxylic acids is 2. The van der Waals surface area contributed by atoms with Crippen molar-refractivity contribution in [3.63, 3.8) is 0 Å². The fraction of sp³-hybridized carbons (Fsp3) is 0.348. The third-order valence-electron chi connectivity index (χ3n) is 5.50. The number of nitrogens with one attached hydrogen (secondary N) is 1. The highest BCUT2D eigenvalue weighted by molar-refractivity contribution is 5.84. The molecule has 1 atom stereocenters. The van der Waals surface area contributed by atoms with Crippen LogP contribution in [0.2, 0.25) is 0 Å². The highest BCUT2D eigenvalue weighted by Crippen LogP contribution is 2.44. The molecule has 2 aromatic carbocycles. The van der Waals surface area contributed by atoms with Crippen molar-refractivity contribution in [2.24, 2.45) is 5.92 Å². The molecule has 0 heterocycles. The zero-order valence-electron chi connectivity index (χ0n) is 17.9. The Hall–Kier alpha value is -3.60. The van der Waals surface area contributed by atoms with Crippen LogP contribution < -0.4 is 5.32 Å². The van der Waals surface area contributed by atoms with E-state index in [9.17, 15) is 27.6 Å². The van der Waals surface area contributed by atoms with Crippen LogP contribution in [0.3, 0.4) is 0 Å². The maximum atomic E-state index is 13.5. The maximum absolute atomic E-state index is 13.5. The molecule has 2 amide bonds. The van der Waals surface area contributed by atoms with E-state index in [1.165, 1.54) is 0 Å². The molecule has 11 heteroatoms. The van der Waals surface area contributed by atoms with Crippen molar-refractivity contribution >= 4 is 18.0 Å². The Kier molecular flexibility index (Phi) is 7.77. The number of amides is 2. The highest BCUT2D eigenvalue weighted by atomic mass is 19.4. The molecule has 0 saturated heterocycles. The van der Waals surface area contributed by atoms with E-state index in [1.807, 2.05) is 53.8 Å². The predicted molar refractivity (Wildman–Crippen MR) is 114 cm³/mol. The summed E-state index contributed by atoms with van der Waals surface area (Å²) in [4.78, 5) is 35.7. The summed E-state index contributed by atoms with van der Waals surface area (Å²) < 4.78 is 45.6. The molecule has 3 rings (SSSR count). The highest BCUT2D eigenvalue weighted by Gasteiger charge is 2.47. The second kappa shape index (κ2) is 10.6. The second-order valence-corrected chi connectivity index (χ2v) is 7.68. The minimum Gasteiger partial charge on any atom is -0.480 e. The standard InChI is InChI=1S/C23H23F3N2O6/c24-23(25,26)19(21(32)28(9-10-29)12-20(30)31)11-27-22(33)34-13-18-16-7-3-1-5-14(16)15-6-2-4-8-17(15)18/h1-8,18-19,29H,9-13H2,(H,27,33)(H,30,31).